The molecule has 1 aromatic rings. The molecule has 84 valence electrons. The standard InChI is InChI=1S/C13H10N2O2/c14-8-11-13(12(16)6-7-15-11)17-9-10-4-2-1-3-5-10/h1-7,13H,9H2. The predicted molar refractivity (Wildman–Crippen MR) is 62.2 cm³/mol. The highest BCUT2D eigenvalue weighted by Crippen LogP contribution is 2.09. The summed E-state index contributed by atoms with van der Waals surface area (Å²) < 4.78 is 5.43. The van der Waals surface area contributed by atoms with Crippen molar-refractivity contribution in [3.8, 4) is 6.07 Å². The third-order valence-corrected chi connectivity index (χ3v) is 2.33. The van der Waals surface area contributed by atoms with Crippen LogP contribution >= 0.6 is 0 Å². The molecule has 1 heterocycles. The van der Waals surface area contributed by atoms with E-state index >= 15 is 0 Å². The van der Waals surface area contributed by atoms with Gasteiger partial charge in [0, 0.05) is 12.3 Å². The molecule has 1 unspecified atom stereocenters. The monoisotopic (exact) mass is 226 g/mol. The number of ether oxygens (including phenoxy) is 1. The van der Waals surface area contributed by atoms with Crippen LogP contribution in [0.2, 0.25) is 0 Å². The van der Waals surface area contributed by atoms with E-state index in [1.807, 2.05) is 36.4 Å². The number of carbonyl (C=O) groups is 1. The molecule has 1 aromatic carbocycles. The van der Waals surface area contributed by atoms with Crippen LogP contribution in [-0.4, -0.2) is 17.6 Å². The van der Waals surface area contributed by atoms with Gasteiger partial charge in [-0.05, 0) is 5.56 Å². The van der Waals surface area contributed by atoms with Crippen molar-refractivity contribution in [1.82, 2.24) is 0 Å². The van der Waals surface area contributed by atoms with Crippen LogP contribution in [-0.2, 0) is 16.1 Å². The SMILES string of the molecule is N#CC1=NC=CC(=O)C1OCc1ccccc1. The molecule has 0 N–H and O–H groups in total. The topological polar surface area (TPSA) is 62.5 Å². The lowest BCUT2D eigenvalue weighted by atomic mass is 10.1. The Balaban J connectivity index is 2.04. The second-order valence-electron chi connectivity index (χ2n) is 3.52. The minimum absolute atomic E-state index is 0.105. The molecule has 0 radical (unpaired) electrons. The molecule has 0 saturated carbocycles. The van der Waals surface area contributed by atoms with Gasteiger partial charge >= 0.3 is 0 Å². The van der Waals surface area contributed by atoms with Crippen LogP contribution in [0.25, 0.3) is 0 Å². The second kappa shape index (κ2) is 5.19. The number of benzene rings is 1. The summed E-state index contributed by atoms with van der Waals surface area (Å²) in [5, 5.41) is 8.83. The lowest BCUT2D eigenvalue weighted by molar-refractivity contribution is -0.122. The van der Waals surface area contributed by atoms with Gasteiger partial charge in [-0.2, -0.15) is 5.26 Å². The molecular weight excluding hydrogens is 216 g/mol. The van der Waals surface area contributed by atoms with Gasteiger partial charge in [0.2, 0.25) is 0 Å². The molecule has 0 saturated heterocycles. The largest absolute Gasteiger partial charge is 0.358 e. The maximum Gasteiger partial charge on any atom is 0.192 e. The molecule has 0 amide bonds. The minimum atomic E-state index is -0.870. The molecule has 1 atom stereocenters. The van der Waals surface area contributed by atoms with Gasteiger partial charge in [-0.1, -0.05) is 30.3 Å². The first-order chi connectivity index (χ1) is 8.31. The van der Waals surface area contributed by atoms with Gasteiger partial charge in [0.1, 0.15) is 6.07 Å². The highest BCUT2D eigenvalue weighted by atomic mass is 16.5. The van der Waals surface area contributed by atoms with E-state index in [4.69, 9.17) is 10.00 Å². The fraction of sp³-hybridized carbons (Fsp3) is 0.154. The zero-order valence-electron chi connectivity index (χ0n) is 9.04. The summed E-state index contributed by atoms with van der Waals surface area (Å²) in [6.45, 7) is 0.284. The first-order valence-corrected chi connectivity index (χ1v) is 5.15. The van der Waals surface area contributed by atoms with Crippen molar-refractivity contribution in [3.05, 3.63) is 48.2 Å². The van der Waals surface area contributed by atoms with Crippen LogP contribution in [0, 0.1) is 11.3 Å². The fourth-order valence-electron chi connectivity index (χ4n) is 1.48. The smallest absolute Gasteiger partial charge is 0.192 e. The number of rotatable bonds is 3. The van der Waals surface area contributed by atoms with E-state index in [-0.39, 0.29) is 18.1 Å². The molecule has 1 aliphatic heterocycles. The summed E-state index contributed by atoms with van der Waals surface area (Å²) in [6, 6.07) is 11.3. The highest BCUT2D eigenvalue weighted by Gasteiger charge is 2.25. The summed E-state index contributed by atoms with van der Waals surface area (Å²) in [5.74, 6) is -0.243. The quantitative estimate of drug-likeness (QED) is 0.786. The minimum Gasteiger partial charge on any atom is -0.358 e. The summed E-state index contributed by atoms with van der Waals surface area (Å²) >= 11 is 0. The number of nitriles is 1. The molecule has 0 bridgehead atoms. The molecule has 0 spiro atoms. The molecule has 0 fully saturated rings. The normalized spacial score (nSPS) is 18.6. The van der Waals surface area contributed by atoms with Gasteiger partial charge in [0.05, 0.1) is 6.61 Å². The Labute approximate surface area is 98.9 Å². The van der Waals surface area contributed by atoms with Crippen molar-refractivity contribution in [2.45, 2.75) is 12.7 Å². The zero-order valence-corrected chi connectivity index (χ0v) is 9.04. The van der Waals surface area contributed by atoms with E-state index in [2.05, 4.69) is 4.99 Å². The van der Waals surface area contributed by atoms with Crippen LogP contribution in [0.5, 0.6) is 0 Å². The number of aliphatic imine (C=N–C) groups is 1. The zero-order chi connectivity index (χ0) is 12.1. The van der Waals surface area contributed by atoms with Crippen molar-refractivity contribution in [1.29, 1.82) is 5.26 Å². The molecule has 1 aliphatic rings. The van der Waals surface area contributed by atoms with Crippen molar-refractivity contribution >= 4 is 11.5 Å². The Kier molecular flexibility index (Phi) is 3.43. The molecule has 2 rings (SSSR count). The van der Waals surface area contributed by atoms with Crippen LogP contribution in [0.15, 0.2) is 47.6 Å². The highest BCUT2D eigenvalue weighted by molar-refractivity contribution is 6.19. The molecule has 4 nitrogen and oxygen atoms in total. The summed E-state index contributed by atoms with van der Waals surface area (Å²) in [6.07, 6.45) is 1.77. The molecule has 0 aromatic heterocycles. The molecular formula is C13H10N2O2. The van der Waals surface area contributed by atoms with Crippen molar-refractivity contribution < 1.29 is 9.53 Å². The van der Waals surface area contributed by atoms with E-state index < -0.39 is 6.10 Å². The van der Waals surface area contributed by atoms with Crippen molar-refractivity contribution in [3.63, 3.8) is 0 Å². The van der Waals surface area contributed by atoms with Gasteiger partial charge in [-0.25, -0.2) is 4.99 Å². The van der Waals surface area contributed by atoms with Crippen LogP contribution in [0.4, 0.5) is 0 Å². The van der Waals surface area contributed by atoms with Crippen LogP contribution in [0.1, 0.15) is 5.56 Å². The van der Waals surface area contributed by atoms with E-state index in [1.165, 1.54) is 12.3 Å². The van der Waals surface area contributed by atoms with E-state index in [9.17, 15) is 4.79 Å². The summed E-state index contributed by atoms with van der Waals surface area (Å²) in [4.78, 5) is 15.4. The maximum absolute atomic E-state index is 11.5. The van der Waals surface area contributed by atoms with Crippen LogP contribution in [0.3, 0.4) is 0 Å². The lowest BCUT2D eigenvalue weighted by Gasteiger charge is -2.15. The van der Waals surface area contributed by atoms with Gasteiger partial charge < -0.3 is 4.74 Å². The Bertz CT molecular complexity index is 512. The molecule has 0 aliphatic carbocycles. The second-order valence-corrected chi connectivity index (χ2v) is 3.52. The fourth-order valence-corrected chi connectivity index (χ4v) is 1.48. The van der Waals surface area contributed by atoms with Gasteiger partial charge in [0.15, 0.2) is 17.6 Å². The number of nitrogens with zero attached hydrogens (tertiary/aromatic N) is 2. The van der Waals surface area contributed by atoms with Gasteiger partial charge in [-0.3, -0.25) is 4.79 Å². The number of hydrogen-bond donors (Lipinski definition) is 0. The van der Waals surface area contributed by atoms with Crippen LogP contribution < -0.4 is 0 Å². The molecule has 4 heteroatoms. The first kappa shape index (κ1) is 11.2. The summed E-state index contributed by atoms with van der Waals surface area (Å²) in [5.41, 5.74) is 1.06. The van der Waals surface area contributed by atoms with E-state index in [0.717, 1.165) is 5.56 Å². The predicted octanol–water partition coefficient (Wildman–Crippen LogP) is 1.63. The maximum atomic E-state index is 11.5. The van der Waals surface area contributed by atoms with E-state index in [0.29, 0.717) is 0 Å². The number of ketones is 1. The summed E-state index contributed by atoms with van der Waals surface area (Å²) in [7, 11) is 0. The average Bonchev–Trinajstić information content (AvgIpc) is 2.38. The van der Waals surface area contributed by atoms with Gasteiger partial charge in [-0.15, -0.1) is 0 Å². The Morgan fingerprint density at radius 3 is 2.82 bits per heavy atom. The molecule has 17 heavy (non-hydrogen) atoms. The number of carbonyl (C=O) groups excluding carboxylic acids is 1. The van der Waals surface area contributed by atoms with Crippen molar-refractivity contribution in [2.24, 2.45) is 4.99 Å². The Morgan fingerprint density at radius 2 is 2.12 bits per heavy atom. The average molecular weight is 226 g/mol. The third kappa shape index (κ3) is 2.65. The van der Waals surface area contributed by atoms with Gasteiger partial charge in [0.25, 0.3) is 0 Å². The number of hydrogen-bond acceptors (Lipinski definition) is 4. The Morgan fingerprint density at radius 1 is 1.35 bits per heavy atom. The first-order valence-electron chi connectivity index (χ1n) is 5.15. The lowest BCUT2D eigenvalue weighted by Crippen LogP contribution is -2.32. The van der Waals surface area contributed by atoms with Crippen molar-refractivity contribution in [2.75, 3.05) is 0 Å². The third-order valence-electron chi connectivity index (χ3n) is 2.33. The Hall–Kier alpha value is -2.25. The van der Waals surface area contributed by atoms with E-state index in [1.54, 1.807) is 0 Å².